The van der Waals surface area contributed by atoms with Crippen LogP contribution in [0.4, 0.5) is 0 Å². The van der Waals surface area contributed by atoms with Gasteiger partial charge in [-0.3, -0.25) is 4.79 Å². The fraction of sp³-hybridized carbons (Fsp3) is 0.500. The Morgan fingerprint density at radius 1 is 1.32 bits per heavy atom. The summed E-state index contributed by atoms with van der Waals surface area (Å²) in [7, 11) is 0. The Balaban J connectivity index is 0.00000180. The maximum atomic E-state index is 12.4. The lowest BCUT2D eigenvalue weighted by atomic mass is 10.1. The van der Waals surface area contributed by atoms with Crippen molar-refractivity contribution in [2.45, 2.75) is 6.92 Å². The molecule has 0 bridgehead atoms. The molecule has 1 saturated heterocycles. The van der Waals surface area contributed by atoms with Gasteiger partial charge < -0.3 is 27.3 Å². The second-order valence-electron chi connectivity index (χ2n) is 4.83. The Morgan fingerprint density at radius 2 is 1.95 bits per heavy atom. The molecule has 4 nitrogen and oxygen atoms in total. The van der Waals surface area contributed by atoms with E-state index in [2.05, 4.69) is 0 Å². The summed E-state index contributed by atoms with van der Waals surface area (Å²) in [6.45, 7) is 6.40. The third-order valence-corrected chi connectivity index (χ3v) is 3.60. The summed E-state index contributed by atoms with van der Waals surface area (Å²) >= 11 is 0. The van der Waals surface area contributed by atoms with Gasteiger partial charge in [0.05, 0.1) is 32.8 Å². The number of hydrogen-bond donors (Lipinski definition) is 2. The summed E-state index contributed by atoms with van der Waals surface area (Å²) in [5.41, 5.74) is 1.84. The normalized spacial score (nSPS) is 16.0. The number of quaternary nitrogens is 1. The summed E-state index contributed by atoms with van der Waals surface area (Å²) in [5.74, 6) is 0.135. The first-order valence-corrected chi connectivity index (χ1v) is 6.51. The Labute approximate surface area is 120 Å². The molecule has 0 aromatic heterocycles. The van der Waals surface area contributed by atoms with Crippen molar-refractivity contribution in [1.82, 2.24) is 4.90 Å². The fourth-order valence-corrected chi connectivity index (χ4v) is 2.42. The van der Waals surface area contributed by atoms with E-state index in [4.69, 9.17) is 5.11 Å². The van der Waals surface area contributed by atoms with Gasteiger partial charge in [-0.1, -0.05) is 18.2 Å². The van der Waals surface area contributed by atoms with E-state index < -0.39 is 0 Å². The minimum absolute atomic E-state index is 0. The van der Waals surface area contributed by atoms with Gasteiger partial charge in [-0.05, 0) is 18.6 Å². The number of carbonyl (C=O) groups excluding carboxylic acids is 1. The van der Waals surface area contributed by atoms with Gasteiger partial charge in [-0.25, -0.2) is 0 Å². The molecule has 19 heavy (non-hydrogen) atoms. The van der Waals surface area contributed by atoms with Crippen molar-refractivity contribution in [3.05, 3.63) is 35.4 Å². The standard InChI is InChI=1S/C14H20N2O2.ClH/c1-12-4-2-3-5-13(12)14(18)16-8-6-15(7-9-16)10-11-17;/h2-5,17H,6-11H2,1H3;1H. The quantitative estimate of drug-likeness (QED) is 0.601. The number of hydrogen-bond acceptors (Lipinski definition) is 2. The zero-order valence-electron chi connectivity index (χ0n) is 11.2. The van der Waals surface area contributed by atoms with E-state index in [0.29, 0.717) is 0 Å². The maximum Gasteiger partial charge on any atom is 0.254 e. The van der Waals surface area contributed by atoms with Crippen molar-refractivity contribution in [3.63, 3.8) is 0 Å². The van der Waals surface area contributed by atoms with Gasteiger partial charge in [0, 0.05) is 5.56 Å². The summed E-state index contributed by atoms with van der Waals surface area (Å²) in [4.78, 5) is 15.7. The van der Waals surface area contributed by atoms with E-state index in [9.17, 15) is 4.79 Å². The second kappa shape index (κ2) is 7.48. The van der Waals surface area contributed by atoms with Crippen LogP contribution < -0.4 is 17.3 Å². The topological polar surface area (TPSA) is 45.0 Å². The first-order valence-electron chi connectivity index (χ1n) is 6.51. The molecule has 2 N–H and O–H groups in total. The molecule has 2 rings (SSSR count). The van der Waals surface area contributed by atoms with Crippen LogP contribution in [0.25, 0.3) is 0 Å². The molecule has 1 fully saturated rings. The van der Waals surface area contributed by atoms with Crippen LogP contribution in [0.15, 0.2) is 24.3 Å². The Kier molecular flexibility index (Phi) is 6.28. The predicted octanol–water partition coefficient (Wildman–Crippen LogP) is -3.67. The van der Waals surface area contributed by atoms with Gasteiger partial charge in [0.2, 0.25) is 0 Å². The van der Waals surface area contributed by atoms with E-state index in [1.807, 2.05) is 36.1 Å². The van der Waals surface area contributed by atoms with Crippen molar-refractivity contribution in [1.29, 1.82) is 0 Å². The number of carbonyl (C=O) groups is 1. The van der Waals surface area contributed by atoms with Gasteiger partial charge in [-0.15, -0.1) is 0 Å². The molecule has 1 heterocycles. The van der Waals surface area contributed by atoms with E-state index >= 15 is 0 Å². The van der Waals surface area contributed by atoms with E-state index in [1.54, 1.807) is 0 Å². The number of nitrogens with zero attached hydrogens (tertiary/aromatic N) is 1. The average Bonchev–Trinajstić information content (AvgIpc) is 2.40. The molecule has 1 aromatic carbocycles. The van der Waals surface area contributed by atoms with Gasteiger partial charge in [0.25, 0.3) is 5.91 Å². The summed E-state index contributed by atoms with van der Waals surface area (Å²) in [5, 5.41) is 8.91. The molecular weight excluding hydrogens is 264 g/mol. The fourth-order valence-electron chi connectivity index (χ4n) is 2.42. The van der Waals surface area contributed by atoms with Crippen LogP contribution in [0.1, 0.15) is 15.9 Å². The first-order chi connectivity index (χ1) is 8.72. The summed E-state index contributed by atoms with van der Waals surface area (Å²) in [6.07, 6.45) is 0. The molecule has 1 amide bonds. The molecule has 0 aliphatic carbocycles. The number of halogens is 1. The molecule has 5 heteroatoms. The summed E-state index contributed by atoms with van der Waals surface area (Å²) in [6, 6.07) is 7.73. The number of aliphatic hydroxyl groups is 1. The SMILES string of the molecule is Cc1ccccc1C(=O)N1CC[NH+](CCO)CC1.[Cl-]. The lowest BCUT2D eigenvalue weighted by Crippen LogP contribution is -3.15. The van der Waals surface area contributed by atoms with Crippen molar-refractivity contribution in [2.24, 2.45) is 0 Å². The van der Waals surface area contributed by atoms with Crippen molar-refractivity contribution >= 4 is 5.91 Å². The molecule has 0 saturated carbocycles. The van der Waals surface area contributed by atoms with Gasteiger partial charge >= 0.3 is 0 Å². The molecule has 1 aliphatic rings. The number of piperazine rings is 1. The minimum atomic E-state index is 0. The van der Waals surface area contributed by atoms with Crippen LogP contribution in [-0.4, -0.2) is 55.2 Å². The van der Waals surface area contributed by atoms with E-state index in [1.165, 1.54) is 4.90 Å². The minimum Gasteiger partial charge on any atom is -1.00 e. The predicted molar refractivity (Wildman–Crippen MR) is 69.7 cm³/mol. The molecule has 0 unspecified atom stereocenters. The number of nitrogens with one attached hydrogen (secondary N) is 1. The lowest BCUT2D eigenvalue weighted by Gasteiger charge is -2.32. The Morgan fingerprint density at radius 3 is 2.53 bits per heavy atom. The van der Waals surface area contributed by atoms with Crippen LogP contribution in [0.3, 0.4) is 0 Å². The van der Waals surface area contributed by atoms with Gasteiger partial charge in [-0.2, -0.15) is 0 Å². The number of aryl methyl sites for hydroxylation is 1. The Bertz CT molecular complexity index is 418. The van der Waals surface area contributed by atoms with E-state index in [0.717, 1.165) is 43.9 Å². The number of amides is 1. The molecule has 1 aromatic rings. The second-order valence-corrected chi connectivity index (χ2v) is 4.83. The smallest absolute Gasteiger partial charge is 0.254 e. The molecule has 0 atom stereocenters. The summed E-state index contributed by atoms with van der Waals surface area (Å²) < 4.78 is 0. The van der Waals surface area contributed by atoms with Crippen LogP contribution >= 0.6 is 0 Å². The molecule has 1 aliphatic heterocycles. The average molecular weight is 285 g/mol. The number of rotatable bonds is 3. The Hall–Kier alpha value is -1.10. The van der Waals surface area contributed by atoms with Crippen LogP contribution in [0.2, 0.25) is 0 Å². The van der Waals surface area contributed by atoms with Crippen LogP contribution in [0, 0.1) is 6.92 Å². The first kappa shape index (κ1) is 16.0. The van der Waals surface area contributed by atoms with Crippen LogP contribution in [0.5, 0.6) is 0 Å². The zero-order chi connectivity index (χ0) is 13.0. The monoisotopic (exact) mass is 284 g/mol. The molecule has 106 valence electrons. The molecule has 0 spiro atoms. The van der Waals surface area contributed by atoms with Crippen LogP contribution in [-0.2, 0) is 0 Å². The molecular formula is C14H21ClN2O2. The highest BCUT2D eigenvalue weighted by Gasteiger charge is 2.24. The third-order valence-electron chi connectivity index (χ3n) is 3.60. The van der Waals surface area contributed by atoms with Crippen molar-refractivity contribution in [3.8, 4) is 0 Å². The zero-order valence-corrected chi connectivity index (χ0v) is 12.0. The maximum absolute atomic E-state index is 12.4. The molecule has 0 radical (unpaired) electrons. The lowest BCUT2D eigenvalue weighted by molar-refractivity contribution is -0.904. The van der Waals surface area contributed by atoms with Gasteiger partial charge in [0.15, 0.2) is 0 Å². The highest BCUT2D eigenvalue weighted by molar-refractivity contribution is 5.95. The van der Waals surface area contributed by atoms with Crippen molar-refractivity contribution in [2.75, 3.05) is 39.3 Å². The largest absolute Gasteiger partial charge is 1.00 e. The number of aliphatic hydroxyl groups excluding tert-OH is 1. The van der Waals surface area contributed by atoms with E-state index in [-0.39, 0.29) is 24.9 Å². The van der Waals surface area contributed by atoms with Crippen molar-refractivity contribution < 1.29 is 27.2 Å². The van der Waals surface area contributed by atoms with Gasteiger partial charge in [0.1, 0.15) is 6.54 Å². The highest BCUT2D eigenvalue weighted by Crippen LogP contribution is 2.10. The third kappa shape index (κ3) is 3.93. The number of benzene rings is 1. The highest BCUT2D eigenvalue weighted by atomic mass is 35.5.